The minimum Gasteiger partial charge on any atom is -0.445 e. The maximum atomic E-state index is 12.8. The quantitative estimate of drug-likeness (QED) is 0.0595. The van der Waals surface area contributed by atoms with E-state index in [9.17, 15) is 38.4 Å². The molecule has 5 amide bonds. The molecule has 0 bridgehead atoms. The molecular weight excluding hydrogens is 1730 g/mol. The molecular formula is C94H88N18O16S3. The summed E-state index contributed by atoms with van der Waals surface area (Å²) in [7, 11) is 1.55. The lowest BCUT2D eigenvalue weighted by atomic mass is 10.1. The Kier molecular flexibility index (Phi) is 24.5. The van der Waals surface area contributed by atoms with Crippen LogP contribution < -0.4 is 26.6 Å². The molecule has 16 aromatic rings. The van der Waals surface area contributed by atoms with Crippen molar-refractivity contribution in [1.29, 1.82) is 0 Å². The largest absolute Gasteiger partial charge is 0.445 e. The average molecular weight is 1820 g/mol. The number of nitrogens with one attached hydrogen (secondary N) is 5. The fraction of sp³-hybridized carbons (Fsp3) is 0.319. The molecule has 0 unspecified atom stereocenters. The van der Waals surface area contributed by atoms with Gasteiger partial charge in [-0.25, -0.2) is 43.9 Å². The number of fused-ring (bicyclic) bond motifs is 8. The van der Waals surface area contributed by atoms with Crippen LogP contribution in [0.5, 0.6) is 0 Å². The van der Waals surface area contributed by atoms with Crippen LogP contribution in [0, 0.1) is 17.8 Å². The smallest absolute Gasteiger partial charge is 0.418 e. The van der Waals surface area contributed by atoms with Crippen molar-refractivity contribution >= 4 is 184 Å². The van der Waals surface area contributed by atoms with Gasteiger partial charge >= 0.3 is 30.4 Å². The molecule has 37 heteroatoms. The van der Waals surface area contributed by atoms with Gasteiger partial charge < -0.3 is 63.6 Å². The van der Waals surface area contributed by atoms with Gasteiger partial charge in [0.05, 0.1) is 134 Å². The molecule has 23 rings (SSSR count). The van der Waals surface area contributed by atoms with Crippen molar-refractivity contribution in [3.63, 3.8) is 0 Å². The van der Waals surface area contributed by atoms with Crippen molar-refractivity contribution in [3.05, 3.63) is 177 Å². The van der Waals surface area contributed by atoms with Crippen molar-refractivity contribution < 1.29 is 76.3 Å². The Morgan fingerprint density at radius 3 is 0.954 bits per heavy atom. The SMILES string of the molecule is CNC(=O)Nc1nc2ccc(-c3cnc4ccn(C(=O)OC5CCOCC5)c4c3)cc2s1.O=C(Nc1cn2cc(-c3cnc4ccn(C(=O)OC5CCOCC5)c4c3)ccc2n1)C1CC1.O=C(Nc1nc2ccc(-c3cnc4ccn(C(=O)OC5CCOCC5)c4c3)cc2s1)C1CC1.O=C(Nc1nc2ccc(-c3cnc4ccn(C(=O)OC5CCOCC5)c4c3)cc2s1)C1CC1. The molecule has 4 aliphatic heterocycles. The maximum Gasteiger partial charge on any atom is 0.418 e. The van der Waals surface area contributed by atoms with E-state index in [4.69, 9.17) is 37.9 Å². The number of urea groups is 1. The van der Waals surface area contributed by atoms with Gasteiger partial charge in [0, 0.05) is 160 Å². The van der Waals surface area contributed by atoms with E-state index in [1.54, 1.807) is 75.0 Å². The van der Waals surface area contributed by atoms with Crippen molar-refractivity contribution in [3.8, 4) is 44.5 Å². The monoisotopic (exact) mass is 1820 g/mol. The zero-order valence-corrected chi connectivity index (χ0v) is 73.4. The second-order valence-electron chi connectivity index (χ2n) is 32.9. The lowest BCUT2D eigenvalue weighted by molar-refractivity contribution is -0.118. The Bertz CT molecular complexity index is 6570. The number of nitrogens with zero attached hydrogens (tertiary/aromatic N) is 13. The van der Waals surface area contributed by atoms with Gasteiger partial charge in [-0.2, -0.15) is 0 Å². The maximum absolute atomic E-state index is 12.8. The topological polar surface area (TPSA) is 398 Å². The second-order valence-corrected chi connectivity index (χ2v) is 36.0. The highest BCUT2D eigenvalue weighted by Gasteiger charge is 2.34. The number of pyridine rings is 5. The van der Waals surface area contributed by atoms with Gasteiger partial charge in [0.2, 0.25) is 17.7 Å². The average Bonchev–Trinajstić information content (AvgIpc) is 1.64. The van der Waals surface area contributed by atoms with Gasteiger partial charge in [0.15, 0.2) is 21.2 Å². The molecule has 668 valence electrons. The van der Waals surface area contributed by atoms with Crippen LogP contribution in [0.15, 0.2) is 177 Å². The van der Waals surface area contributed by atoms with Crippen molar-refractivity contribution in [2.75, 3.05) is 81.2 Å². The fourth-order valence-electron chi connectivity index (χ4n) is 15.8. The number of benzene rings is 3. The fourth-order valence-corrected chi connectivity index (χ4v) is 18.5. The summed E-state index contributed by atoms with van der Waals surface area (Å²) in [5.74, 6) is 1.08. The molecule has 13 aromatic heterocycles. The van der Waals surface area contributed by atoms with E-state index in [2.05, 4.69) is 66.5 Å². The lowest BCUT2D eigenvalue weighted by Gasteiger charge is -2.22. The third-order valence-corrected chi connectivity index (χ3v) is 26.4. The summed E-state index contributed by atoms with van der Waals surface area (Å²) >= 11 is 4.31. The number of ether oxygens (including phenoxy) is 8. The Labute approximate surface area is 758 Å². The number of thiazole rings is 3. The van der Waals surface area contributed by atoms with Crippen molar-refractivity contribution in [2.24, 2.45) is 17.8 Å². The van der Waals surface area contributed by atoms with E-state index >= 15 is 0 Å². The highest BCUT2D eigenvalue weighted by atomic mass is 32.1. The number of amides is 5. The molecule has 7 fully saturated rings. The third-order valence-electron chi connectivity index (χ3n) is 23.6. The predicted molar refractivity (Wildman–Crippen MR) is 494 cm³/mol. The van der Waals surface area contributed by atoms with Gasteiger partial charge in [0.1, 0.15) is 30.1 Å². The standard InChI is InChI=1S/C24H23N5O4.2C24H22N4O4S.C22H21N5O4S/c30-23(15-1-2-15)27-21-14-28-13-16(3-4-22(28)26-21)17-11-20-19(25-12-17)5-8-29(20)24(31)33-18-6-9-32-10-7-18;2*29-22(14-1-2-14)27-23-26-19-4-3-15(12-21(19)33-23)16-11-20-18(25-13-16)5-8-28(20)24(30)32-17-6-9-31-10-7-17;1-23-20(28)26-21-25-17-3-2-13(11-19(17)32-21)14-10-18-16(24-12-14)4-7-27(18)22(29)31-15-5-8-30-9-6-15/h3-5,8,11-15,18H,1-2,6-7,9-10H2,(H,27,30);2*3-5,8,11-14,17H,1-2,6-7,9-10H2,(H,26,27,29);2-4,7,10-12,15H,5-6,8-9H2,1H3,(H2,23,25,26,28). The zero-order valence-electron chi connectivity index (χ0n) is 70.9. The van der Waals surface area contributed by atoms with E-state index in [-0.39, 0.29) is 65.9 Å². The van der Waals surface area contributed by atoms with Crippen LogP contribution in [0.4, 0.5) is 45.2 Å². The molecule has 0 spiro atoms. The summed E-state index contributed by atoms with van der Waals surface area (Å²) in [6.07, 6.45) is 27.0. The molecule has 3 aliphatic carbocycles. The predicted octanol–water partition coefficient (Wildman–Crippen LogP) is 17.7. The number of rotatable bonds is 15. The summed E-state index contributed by atoms with van der Waals surface area (Å²) in [6.45, 7) is 4.89. The number of hydrogen-bond donors (Lipinski definition) is 5. The summed E-state index contributed by atoms with van der Waals surface area (Å²) < 4.78 is 54.8. The van der Waals surface area contributed by atoms with Gasteiger partial charge in [-0.1, -0.05) is 52.2 Å². The summed E-state index contributed by atoms with van der Waals surface area (Å²) in [6, 6.07) is 36.3. The van der Waals surface area contributed by atoms with Crippen LogP contribution in [-0.4, -0.2) is 195 Å². The normalized spacial score (nSPS) is 16.3. The molecule has 7 aliphatic rings. The highest BCUT2D eigenvalue weighted by Crippen LogP contribution is 2.40. The minimum absolute atomic E-state index is 0.0293. The number of carbonyl (C=O) groups excluding carboxylic acids is 8. The summed E-state index contributed by atoms with van der Waals surface area (Å²) in [5.41, 5.74) is 16.2. The number of aromatic nitrogens is 13. The van der Waals surface area contributed by atoms with E-state index in [0.717, 1.165) is 136 Å². The number of anilines is 4. The molecule has 0 atom stereocenters. The first-order valence-corrected chi connectivity index (χ1v) is 46.1. The molecule has 3 saturated carbocycles. The molecule has 34 nitrogen and oxygen atoms in total. The van der Waals surface area contributed by atoms with Crippen LogP contribution >= 0.6 is 34.0 Å². The van der Waals surface area contributed by atoms with Crippen molar-refractivity contribution in [1.82, 2.24) is 67.9 Å². The molecule has 4 saturated heterocycles. The first-order valence-electron chi connectivity index (χ1n) is 43.7. The van der Waals surface area contributed by atoms with E-state index in [0.29, 0.717) is 153 Å². The second kappa shape index (κ2) is 37.7. The van der Waals surface area contributed by atoms with Crippen LogP contribution in [0.3, 0.4) is 0 Å². The van der Waals surface area contributed by atoms with Crippen LogP contribution in [0.1, 0.15) is 89.9 Å². The van der Waals surface area contributed by atoms with Gasteiger partial charge in [-0.3, -0.25) is 57.9 Å². The molecule has 131 heavy (non-hydrogen) atoms. The number of hydrogen-bond acceptors (Lipinski definition) is 27. The summed E-state index contributed by atoms with van der Waals surface area (Å²) in [4.78, 5) is 135. The van der Waals surface area contributed by atoms with Crippen molar-refractivity contribution in [2.45, 2.75) is 114 Å². The van der Waals surface area contributed by atoms with Crippen LogP contribution in [0.25, 0.3) is 125 Å². The van der Waals surface area contributed by atoms with Gasteiger partial charge in [-0.15, -0.1) is 0 Å². The molecule has 17 heterocycles. The first-order chi connectivity index (χ1) is 64.0. The van der Waals surface area contributed by atoms with E-state index < -0.39 is 24.4 Å². The van der Waals surface area contributed by atoms with Crippen LogP contribution in [-0.2, 0) is 52.3 Å². The third kappa shape index (κ3) is 19.7. The molecule has 5 N–H and O–H groups in total. The molecule has 0 radical (unpaired) electrons. The number of imidazole rings is 1. The first kappa shape index (κ1) is 85.3. The Morgan fingerprint density at radius 2 is 0.634 bits per heavy atom. The zero-order chi connectivity index (χ0) is 89.2. The lowest BCUT2D eigenvalue weighted by Crippen LogP contribution is -2.27. The van der Waals surface area contributed by atoms with Gasteiger partial charge in [-0.05, 0) is 152 Å². The summed E-state index contributed by atoms with van der Waals surface area (Å²) in [5, 5.41) is 15.7. The Balaban J connectivity index is 0.000000109. The Morgan fingerprint density at radius 1 is 0.328 bits per heavy atom. The van der Waals surface area contributed by atoms with Gasteiger partial charge in [0.25, 0.3) is 0 Å². The Hall–Kier alpha value is -13.8. The highest BCUT2D eigenvalue weighted by molar-refractivity contribution is 7.23. The minimum atomic E-state index is -0.409. The van der Waals surface area contributed by atoms with Crippen LogP contribution in [0.2, 0.25) is 0 Å². The molecule has 3 aromatic carbocycles. The number of carbonyl (C=O) groups is 8. The van der Waals surface area contributed by atoms with E-state index in [1.807, 2.05) is 114 Å². The van der Waals surface area contributed by atoms with E-state index in [1.165, 1.54) is 52.3 Å².